The number of piperazine rings is 1. The molecule has 2 aromatic rings. The van der Waals surface area contributed by atoms with Crippen molar-refractivity contribution in [3.63, 3.8) is 0 Å². The Morgan fingerprint density at radius 1 is 1.07 bits per heavy atom. The van der Waals surface area contributed by atoms with Crippen LogP contribution in [0.2, 0.25) is 0 Å². The molecule has 4 rings (SSSR count). The molecular weight excluding hydrogens is 411 g/mol. The minimum absolute atomic E-state index is 0. The predicted octanol–water partition coefficient (Wildman–Crippen LogP) is 2.68. The number of β-amino-alcohol motifs (C(OH)–C–C–N with tert-alkyl or cyclic N) is 1. The molecule has 0 spiro atoms. The van der Waals surface area contributed by atoms with E-state index in [0.717, 1.165) is 26.2 Å². The van der Waals surface area contributed by atoms with Crippen molar-refractivity contribution in [3.8, 4) is 11.5 Å². The summed E-state index contributed by atoms with van der Waals surface area (Å²) in [6, 6.07) is 9.22. The maximum Gasteiger partial charge on any atom is 0.231 e. The van der Waals surface area contributed by atoms with E-state index in [2.05, 4.69) is 9.80 Å². The molecule has 2 N–H and O–H groups in total. The number of halogens is 2. The molecule has 0 amide bonds. The van der Waals surface area contributed by atoms with Crippen molar-refractivity contribution in [1.29, 1.82) is 0 Å². The summed E-state index contributed by atoms with van der Waals surface area (Å²) in [5.74, 6) is -0.296. The number of allylic oxidation sites excluding steroid dienone is 1. The molecule has 0 bridgehead atoms. The first-order valence-corrected chi connectivity index (χ1v) is 9.66. The van der Waals surface area contributed by atoms with Gasteiger partial charge in [-0.15, -0.1) is 12.4 Å². The largest absolute Gasteiger partial charge is 0.507 e. The molecule has 2 aromatic carbocycles. The van der Waals surface area contributed by atoms with E-state index in [0.29, 0.717) is 30.0 Å². The maximum absolute atomic E-state index is 14.0. The van der Waals surface area contributed by atoms with Crippen molar-refractivity contribution in [2.45, 2.75) is 6.54 Å². The van der Waals surface area contributed by atoms with Gasteiger partial charge in [-0.25, -0.2) is 4.39 Å². The highest BCUT2D eigenvalue weighted by atomic mass is 35.5. The van der Waals surface area contributed by atoms with Gasteiger partial charge in [0.15, 0.2) is 5.76 Å². The maximum atomic E-state index is 14.0. The number of ether oxygens (including phenoxy) is 1. The highest BCUT2D eigenvalue weighted by molar-refractivity contribution is 6.15. The quantitative estimate of drug-likeness (QED) is 0.705. The molecule has 1 saturated heterocycles. The number of hydrogen-bond acceptors (Lipinski definition) is 6. The Morgan fingerprint density at radius 2 is 1.77 bits per heavy atom. The normalized spacial score (nSPS) is 18.2. The van der Waals surface area contributed by atoms with Crippen LogP contribution in [0.4, 0.5) is 4.39 Å². The molecule has 30 heavy (non-hydrogen) atoms. The zero-order chi connectivity index (χ0) is 20.4. The first-order valence-electron chi connectivity index (χ1n) is 9.66. The number of benzene rings is 2. The highest BCUT2D eigenvalue weighted by Crippen LogP contribution is 2.40. The van der Waals surface area contributed by atoms with Gasteiger partial charge in [0, 0.05) is 44.8 Å². The van der Waals surface area contributed by atoms with Crippen LogP contribution in [0.25, 0.3) is 6.08 Å². The summed E-state index contributed by atoms with van der Waals surface area (Å²) in [6.07, 6.45) is 1.39. The lowest BCUT2D eigenvalue weighted by atomic mass is 10.0. The van der Waals surface area contributed by atoms with E-state index in [1.807, 2.05) is 0 Å². The van der Waals surface area contributed by atoms with E-state index in [9.17, 15) is 14.3 Å². The number of hydrogen-bond donors (Lipinski definition) is 2. The summed E-state index contributed by atoms with van der Waals surface area (Å²) in [7, 11) is 0. The number of aliphatic hydroxyl groups is 1. The number of aromatic hydroxyl groups is 1. The number of ketones is 1. The van der Waals surface area contributed by atoms with E-state index in [4.69, 9.17) is 9.84 Å². The van der Waals surface area contributed by atoms with Crippen LogP contribution >= 0.6 is 12.4 Å². The Kier molecular flexibility index (Phi) is 7.10. The van der Waals surface area contributed by atoms with Gasteiger partial charge in [-0.3, -0.25) is 14.6 Å². The number of carbonyl (C=O) groups excluding carboxylic acids is 1. The van der Waals surface area contributed by atoms with Crippen LogP contribution in [-0.4, -0.2) is 65.1 Å². The van der Waals surface area contributed by atoms with Gasteiger partial charge >= 0.3 is 0 Å². The lowest BCUT2D eigenvalue weighted by Crippen LogP contribution is -2.46. The van der Waals surface area contributed by atoms with Crippen molar-refractivity contribution >= 4 is 24.3 Å². The molecule has 0 radical (unpaired) electrons. The second-order valence-corrected chi connectivity index (χ2v) is 7.24. The van der Waals surface area contributed by atoms with E-state index < -0.39 is 5.82 Å². The molecule has 0 atom stereocenters. The topological polar surface area (TPSA) is 73.2 Å². The smallest absolute Gasteiger partial charge is 0.231 e. The van der Waals surface area contributed by atoms with Crippen molar-refractivity contribution in [2.24, 2.45) is 0 Å². The van der Waals surface area contributed by atoms with Crippen LogP contribution in [0.15, 0.2) is 42.2 Å². The minimum atomic E-state index is -0.434. The van der Waals surface area contributed by atoms with Crippen LogP contribution in [-0.2, 0) is 6.54 Å². The van der Waals surface area contributed by atoms with Gasteiger partial charge in [0.1, 0.15) is 17.3 Å². The number of fused-ring (bicyclic) bond motifs is 1. The molecule has 2 heterocycles. The Hall–Kier alpha value is -2.45. The Labute approximate surface area is 180 Å². The summed E-state index contributed by atoms with van der Waals surface area (Å²) < 4.78 is 19.8. The molecule has 0 unspecified atom stereocenters. The van der Waals surface area contributed by atoms with Crippen molar-refractivity contribution < 1.29 is 24.1 Å². The lowest BCUT2D eigenvalue weighted by molar-refractivity contribution is 0.101. The SMILES string of the molecule is Cl.O=C1C(=Cc2ccccc2F)Oc2c1ccc(O)c2CN1CCN(CCO)CC1. The third-order valence-corrected chi connectivity index (χ3v) is 5.37. The summed E-state index contributed by atoms with van der Waals surface area (Å²) >= 11 is 0. The van der Waals surface area contributed by atoms with Crippen molar-refractivity contribution in [1.82, 2.24) is 9.80 Å². The molecule has 160 valence electrons. The van der Waals surface area contributed by atoms with Crippen LogP contribution in [0.3, 0.4) is 0 Å². The molecule has 2 aliphatic heterocycles. The summed E-state index contributed by atoms with van der Waals surface area (Å²) in [4.78, 5) is 17.1. The van der Waals surface area contributed by atoms with Crippen LogP contribution in [0, 0.1) is 5.82 Å². The first kappa shape index (κ1) is 22.2. The number of phenols is 1. The molecule has 1 fully saturated rings. The molecule has 6 nitrogen and oxygen atoms in total. The number of rotatable bonds is 5. The second-order valence-electron chi connectivity index (χ2n) is 7.24. The Bertz CT molecular complexity index is 958. The third kappa shape index (κ3) is 4.49. The lowest BCUT2D eigenvalue weighted by Gasteiger charge is -2.34. The highest BCUT2D eigenvalue weighted by Gasteiger charge is 2.32. The van der Waals surface area contributed by atoms with Crippen LogP contribution in [0.5, 0.6) is 11.5 Å². The fraction of sp³-hybridized carbons (Fsp3) is 0.318. The third-order valence-electron chi connectivity index (χ3n) is 5.37. The van der Waals surface area contributed by atoms with Gasteiger partial charge in [0.25, 0.3) is 0 Å². The van der Waals surface area contributed by atoms with E-state index in [-0.39, 0.29) is 41.9 Å². The summed E-state index contributed by atoms with van der Waals surface area (Å²) in [5, 5.41) is 19.5. The average molecular weight is 435 g/mol. The first-order chi connectivity index (χ1) is 14.1. The fourth-order valence-electron chi connectivity index (χ4n) is 3.72. The molecule has 2 aliphatic rings. The minimum Gasteiger partial charge on any atom is -0.507 e. The number of aliphatic hydroxyl groups excluding tert-OH is 1. The van der Waals surface area contributed by atoms with Gasteiger partial charge in [-0.2, -0.15) is 0 Å². The van der Waals surface area contributed by atoms with Gasteiger partial charge in [-0.05, 0) is 24.3 Å². The number of nitrogens with zero attached hydrogens (tertiary/aromatic N) is 2. The number of phenolic OH excluding ortho intramolecular Hbond substituents is 1. The monoisotopic (exact) mass is 434 g/mol. The molecule has 0 aliphatic carbocycles. The second kappa shape index (κ2) is 9.57. The predicted molar refractivity (Wildman–Crippen MR) is 113 cm³/mol. The summed E-state index contributed by atoms with van der Waals surface area (Å²) in [6.45, 7) is 4.47. The Morgan fingerprint density at radius 3 is 2.47 bits per heavy atom. The van der Waals surface area contributed by atoms with Gasteiger partial charge in [0.2, 0.25) is 5.78 Å². The molecule has 0 aromatic heterocycles. The molecule has 8 heteroatoms. The van der Waals surface area contributed by atoms with E-state index in [1.54, 1.807) is 18.2 Å². The number of carbonyl (C=O) groups is 1. The zero-order valence-electron chi connectivity index (χ0n) is 16.4. The number of Topliss-reactive ketones (excluding diaryl/α,β-unsaturated/α-hetero) is 1. The van der Waals surface area contributed by atoms with Crippen molar-refractivity contribution in [2.75, 3.05) is 39.3 Å². The van der Waals surface area contributed by atoms with Gasteiger partial charge in [-0.1, -0.05) is 18.2 Å². The average Bonchev–Trinajstić information content (AvgIpc) is 3.03. The Balaban J connectivity index is 0.00000256. The van der Waals surface area contributed by atoms with Crippen molar-refractivity contribution in [3.05, 3.63) is 64.7 Å². The van der Waals surface area contributed by atoms with E-state index in [1.165, 1.54) is 24.3 Å². The molecule has 0 saturated carbocycles. The van der Waals surface area contributed by atoms with Crippen LogP contribution in [0.1, 0.15) is 21.5 Å². The van der Waals surface area contributed by atoms with Crippen LogP contribution < -0.4 is 4.74 Å². The fourth-order valence-corrected chi connectivity index (χ4v) is 3.72. The molecular formula is C22H24ClFN2O4. The summed E-state index contributed by atoms with van der Waals surface area (Å²) in [5.41, 5.74) is 1.21. The standard InChI is InChI=1S/C22H23FN2O4.ClH/c23-18-4-2-1-3-15(18)13-20-21(28)16-5-6-19(27)17(22(16)29-20)14-25-9-7-24(8-10-25)11-12-26;/h1-6,13,26-27H,7-12,14H2;1H. The van der Waals surface area contributed by atoms with E-state index >= 15 is 0 Å². The van der Waals surface area contributed by atoms with Gasteiger partial charge < -0.3 is 14.9 Å². The van der Waals surface area contributed by atoms with Gasteiger partial charge in [0.05, 0.1) is 17.7 Å². The zero-order valence-corrected chi connectivity index (χ0v) is 17.2.